The second kappa shape index (κ2) is 4.51. The predicted molar refractivity (Wildman–Crippen MR) is 59.4 cm³/mol. The minimum Gasteiger partial charge on any atom is -0.276 e. The van der Waals surface area contributed by atoms with Gasteiger partial charge in [-0.25, -0.2) is 8.42 Å². The molecule has 1 aromatic carbocycles. The second-order valence-electron chi connectivity index (χ2n) is 2.82. The number of carbonyl (C=O) groups excluding carboxylic acids is 1. The molecule has 0 atom stereocenters. The van der Waals surface area contributed by atoms with Gasteiger partial charge in [0.05, 0.1) is 21.2 Å². The highest BCUT2D eigenvalue weighted by molar-refractivity contribution is 7.91. The lowest BCUT2D eigenvalue weighted by molar-refractivity contribution is 0.108. The topological polar surface area (TPSA) is 51.2 Å². The zero-order chi connectivity index (χ0) is 11.6. The number of sulfone groups is 1. The number of halogens is 2. The van der Waals surface area contributed by atoms with Crippen molar-refractivity contribution >= 4 is 38.3 Å². The molecule has 3 nitrogen and oxygen atoms in total. The molecule has 82 valence electrons. The van der Waals surface area contributed by atoms with Gasteiger partial charge in [0.2, 0.25) is 0 Å². The van der Waals surface area contributed by atoms with Crippen LogP contribution >= 0.6 is 23.2 Å². The van der Waals surface area contributed by atoms with E-state index >= 15 is 0 Å². The van der Waals surface area contributed by atoms with Gasteiger partial charge in [-0.15, -0.1) is 0 Å². The van der Waals surface area contributed by atoms with Crippen molar-refractivity contribution in [1.82, 2.24) is 0 Å². The number of hydrogen-bond donors (Lipinski definition) is 0. The van der Waals surface area contributed by atoms with Crippen molar-refractivity contribution in [2.75, 3.05) is 5.75 Å². The van der Waals surface area contributed by atoms with Crippen molar-refractivity contribution in [3.63, 3.8) is 0 Å². The molecule has 0 fully saturated rings. The summed E-state index contributed by atoms with van der Waals surface area (Å²) < 4.78 is 22.9. The van der Waals surface area contributed by atoms with E-state index in [-0.39, 0.29) is 21.2 Å². The van der Waals surface area contributed by atoms with Crippen LogP contribution in [0.4, 0.5) is 0 Å². The first kappa shape index (κ1) is 12.5. The third-order valence-electron chi connectivity index (χ3n) is 1.89. The molecule has 0 aliphatic heterocycles. The smallest absolute Gasteiger partial charge is 0.253 e. The highest BCUT2D eigenvalue weighted by Gasteiger charge is 2.15. The fourth-order valence-electron chi connectivity index (χ4n) is 1.02. The normalized spacial score (nSPS) is 11.4. The summed E-state index contributed by atoms with van der Waals surface area (Å²) in [6, 6.07) is 3.86. The summed E-state index contributed by atoms with van der Waals surface area (Å²) in [5, 5.41) is -0.662. The standard InChI is InChI=1S/C9H8Cl2O3S/c1-2-15(13,14)6-3-4-7(9(11)12)8(10)5-6/h3-5H,2H2,1H3. The van der Waals surface area contributed by atoms with Gasteiger partial charge in [-0.05, 0) is 29.8 Å². The number of benzene rings is 1. The molecule has 1 rings (SSSR count). The maximum atomic E-state index is 11.5. The molecule has 0 bridgehead atoms. The van der Waals surface area contributed by atoms with Crippen LogP contribution < -0.4 is 0 Å². The van der Waals surface area contributed by atoms with E-state index in [2.05, 4.69) is 0 Å². The molecular formula is C9H8Cl2O3S. The second-order valence-corrected chi connectivity index (χ2v) is 5.85. The van der Waals surface area contributed by atoms with Crippen LogP contribution in [0.25, 0.3) is 0 Å². The van der Waals surface area contributed by atoms with Gasteiger partial charge in [0.1, 0.15) is 0 Å². The molecule has 0 spiro atoms. The molecule has 15 heavy (non-hydrogen) atoms. The lowest BCUT2D eigenvalue weighted by Gasteiger charge is -2.03. The molecule has 0 saturated heterocycles. The van der Waals surface area contributed by atoms with Crippen LogP contribution in [0.5, 0.6) is 0 Å². The average molecular weight is 267 g/mol. The van der Waals surface area contributed by atoms with Gasteiger partial charge in [0, 0.05) is 0 Å². The Balaban J connectivity index is 3.30. The van der Waals surface area contributed by atoms with Gasteiger partial charge in [-0.1, -0.05) is 18.5 Å². The highest BCUT2D eigenvalue weighted by atomic mass is 35.5. The maximum absolute atomic E-state index is 11.5. The summed E-state index contributed by atoms with van der Waals surface area (Å²) in [5.74, 6) is -0.0164. The van der Waals surface area contributed by atoms with E-state index in [1.54, 1.807) is 0 Å². The molecule has 6 heteroatoms. The Hall–Kier alpha value is -0.580. The maximum Gasteiger partial charge on any atom is 0.253 e. The van der Waals surface area contributed by atoms with E-state index in [9.17, 15) is 13.2 Å². The van der Waals surface area contributed by atoms with Crippen LogP contribution in [0.2, 0.25) is 5.02 Å². The summed E-state index contributed by atoms with van der Waals surface area (Å²) in [4.78, 5) is 10.9. The molecule has 1 aromatic rings. The Morgan fingerprint density at radius 3 is 2.40 bits per heavy atom. The number of rotatable bonds is 3. The van der Waals surface area contributed by atoms with Gasteiger partial charge in [0.25, 0.3) is 5.24 Å². The highest BCUT2D eigenvalue weighted by Crippen LogP contribution is 2.22. The molecule has 0 aliphatic carbocycles. The van der Waals surface area contributed by atoms with Crippen molar-refractivity contribution in [2.45, 2.75) is 11.8 Å². The van der Waals surface area contributed by atoms with Gasteiger partial charge < -0.3 is 0 Å². The third kappa shape index (κ3) is 2.71. The fourth-order valence-corrected chi connectivity index (χ4v) is 2.47. The lowest BCUT2D eigenvalue weighted by atomic mass is 10.2. The number of hydrogen-bond acceptors (Lipinski definition) is 3. The Morgan fingerprint density at radius 2 is 2.00 bits per heavy atom. The van der Waals surface area contributed by atoms with E-state index in [4.69, 9.17) is 23.2 Å². The largest absolute Gasteiger partial charge is 0.276 e. The molecule has 0 aliphatic rings. The van der Waals surface area contributed by atoms with E-state index in [0.717, 1.165) is 0 Å². The predicted octanol–water partition coefficient (Wildman–Crippen LogP) is 2.51. The Morgan fingerprint density at radius 1 is 1.40 bits per heavy atom. The molecule has 0 N–H and O–H groups in total. The zero-order valence-electron chi connectivity index (χ0n) is 7.83. The first-order valence-electron chi connectivity index (χ1n) is 4.10. The SMILES string of the molecule is CCS(=O)(=O)c1ccc(C(=O)Cl)c(Cl)c1. The van der Waals surface area contributed by atoms with Crippen LogP contribution in [0.1, 0.15) is 17.3 Å². The molecular weight excluding hydrogens is 259 g/mol. The first-order valence-corrected chi connectivity index (χ1v) is 6.51. The van der Waals surface area contributed by atoms with E-state index < -0.39 is 15.1 Å². The molecule has 0 aromatic heterocycles. The minimum absolute atomic E-state index is 0.0164. The van der Waals surface area contributed by atoms with Crippen LogP contribution in [-0.2, 0) is 9.84 Å². The lowest BCUT2D eigenvalue weighted by Crippen LogP contribution is -2.04. The fraction of sp³-hybridized carbons (Fsp3) is 0.222. The van der Waals surface area contributed by atoms with E-state index in [1.807, 2.05) is 0 Å². The summed E-state index contributed by atoms with van der Waals surface area (Å²) in [5.41, 5.74) is 0.105. The van der Waals surface area contributed by atoms with Gasteiger partial charge in [-0.2, -0.15) is 0 Å². The molecule has 0 saturated carbocycles. The summed E-state index contributed by atoms with van der Waals surface area (Å²) in [6.45, 7) is 1.53. The van der Waals surface area contributed by atoms with Gasteiger partial charge in [-0.3, -0.25) is 4.79 Å². The Labute approximate surface area is 97.9 Å². The van der Waals surface area contributed by atoms with Gasteiger partial charge >= 0.3 is 0 Å². The molecule has 0 radical (unpaired) electrons. The van der Waals surface area contributed by atoms with Crippen molar-refractivity contribution < 1.29 is 13.2 Å². The average Bonchev–Trinajstić information content (AvgIpc) is 2.17. The number of carbonyl (C=O) groups is 1. The molecule has 0 amide bonds. The summed E-state index contributed by atoms with van der Waals surface area (Å²) in [6.07, 6.45) is 0. The summed E-state index contributed by atoms with van der Waals surface area (Å²) >= 11 is 11.0. The third-order valence-corrected chi connectivity index (χ3v) is 4.14. The van der Waals surface area contributed by atoms with Gasteiger partial charge in [0.15, 0.2) is 9.84 Å². The summed E-state index contributed by atoms with van der Waals surface area (Å²) in [7, 11) is -3.30. The quantitative estimate of drug-likeness (QED) is 0.790. The van der Waals surface area contributed by atoms with Crippen molar-refractivity contribution in [2.24, 2.45) is 0 Å². The zero-order valence-corrected chi connectivity index (χ0v) is 10.2. The van der Waals surface area contributed by atoms with E-state index in [0.29, 0.717) is 0 Å². The molecule has 0 heterocycles. The van der Waals surface area contributed by atoms with Crippen LogP contribution in [-0.4, -0.2) is 19.4 Å². The van der Waals surface area contributed by atoms with Crippen molar-refractivity contribution in [3.8, 4) is 0 Å². The van der Waals surface area contributed by atoms with Crippen LogP contribution in [0.3, 0.4) is 0 Å². The van der Waals surface area contributed by atoms with Crippen LogP contribution in [0.15, 0.2) is 23.1 Å². The molecule has 0 unspecified atom stereocenters. The van der Waals surface area contributed by atoms with Crippen molar-refractivity contribution in [3.05, 3.63) is 28.8 Å². The Kier molecular flexibility index (Phi) is 3.76. The Bertz CT molecular complexity index is 494. The monoisotopic (exact) mass is 266 g/mol. The first-order chi connectivity index (χ1) is 6.88. The minimum atomic E-state index is -3.30. The van der Waals surface area contributed by atoms with Crippen LogP contribution in [0, 0.1) is 0 Å². The van der Waals surface area contributed by atoms with Crippen molar-refractivity contribution in [1.29, 1.82) is 0 Å². The van der Waals surface area contributed by atoms with E-state index in [1.165, 1.54) is 25.1 Å².